The third-order valence-corrected chi connectivity index (χ3v) is 12.4. The molecule has 2 N–H and O–H groups in total. The van der Waals surface area contributed by atoms with E-state index in [0.29, 0.717) is 23.3 Å². The van der Waals surface area contributed by atoms with Crippen LogP contribution in [0.3, 0.4) is 0 Å². The van der Waals surface area contributed by atoms with Crippen LogP contribution in [0.1, 0.15) is 137 Å². The number of hydrogen-bond acceptors (Lipinski definition) is 6. The average molecular weight is 735 g/mol. The quantitative estimate of drug-likeness (QED) is 0.0585. The summed E-state index contributed by atoms with van der Waals surface area (Å²) in [6.45, 7) is 10.8. The highest BCUT2D eigenvalue weighted by molar-refractivity contribution is 5.90. The molecule has 0 spiro atoms. The predicted molar refractivity (Wildman–Crippen MR) is 217 cm³/mol. The molecule has 0 bridgehead atoms. The highest BCUT2D eigenvalue weighted by Crippen LogP contribution is 2.48. The number of aliphatic hydroxyl groups is 2. The molecule has 0 amide bonds. The van der Waals surface area contributed by atoms with Gasteiger partial charge in [-0.2, -0.15) is 0 Å². The van der Waals surface area contributed by atoms with Gasteiger partial charge in [0.25, 0.3) is 0 Å². The van der Waals surface area contributed by atoms with Gasteiger partial charge in [0, 0.05) is 5.41 Å². The Kier molecular flexibility index (Phi) is 15.3. The smallest absolute Gasteiger partial charge is 0.341 e. The fraction of sp³-hybridized carbons (Fsp3) is 0.500. The van der Waals surface area contributed by atoms with Gasteiger partial charge in [-0.3, -0.25) is 0 Å². The van der Waals surface area contributed by atoms with Gasteiger partial charge in [-0.05, 0) is 140 Å². The van der Waals surface area contributed by atoms with E-state index in [9.17, 15) is 19.8 Å². The summed E-state index contributed by atoms with van der Waals surface area (Å²) in [6, 6.07) is 22.7. The highest BCUT2D eigenvalue weighted by Gasteiger charge is 2.38. The second-order valence-electron chi connectivity index (χ2n) is 15.9. The minimum atomic E-state index is -0.647. The Bertz CT molecular complexity index is 1610. The van der Waals surface area contributed by atoms with Gasteiger partial charge in [0.1, 0.15) is 11.5 Å². The number of esters is 2. The van der Waals surface area contributed by atoms with E-state index in [4.69, 9.17) is 9.47 Å². The Morgan fingerprint density at radius 1 is 0.667 bits per heavy atom. The largest absolute Gasteiger partial charge is 0.423 e. The third-order valence-electron chi connectivity index (χ3n) is 12.4. The summed E-state index contributed by atoms with van der Waals surface area (Å²) in [5.74, 6) is 1.77. The molecule has 2 aliphatic rings. The first-order chi connectivity index (χ1) is 26.2. The van der Waals surface area contributed by atoms with Gasteiger partial charge in [0.2, 0.25) is 0 Å². The Labute approximate surface area is 323 Å². The van der Waals surface area contributed by atoms with Crippen molar-refractivity contribution in [1.29, 1.82) is 0 Å². The lowest BCUT2D eigenvalue weighted by Crippen LogP contribution is -2.33. The van der Waals surface area contributed by atoms with E-state index in [0.717, 1.165) is 55.6 Å². The van der Waals surface area contributed by atoms with Crippen LogP contribution in [0.5, 0.6) is 11.5 Å². The molecule has 6 nitrogen and oxygen atoms in total. The minimum absolute atomic E-state index is 0.00457. The molecule has 0 radical (unpaired) electrons. The van der Waals surface area contributed by atoms with Crippen molar-refractivity contribution in [3.63, 3.8) is 0 Å². The van der Waals surface area contributed by atoms with Crippen molar-refractivity contribution in [3.05, 3.63) is 119 Å². The van der Waals surface area contributed by atoms with E-state index in [2.05, 4.69) is 45.2 Å². The van der Waals surface area contributed by atoms with Gasteiger partial charge >= 0.3 is 11.9 Å². The maximum absolute atomic E-state index is 12.2. The van der Waals surface area contributed by atoms with Crippen LogP contribution in [0.15, 0.2) is 91.0 Å². The molecule has 290 valence electrons. The van der Waals surface area contributed by atoms with E-state index >= 15 is 0 Å². The molecule has 0 atom stereocenters. The number of rotatable bonds is 18. The average Bonchev–Trinajstić information content (AvgIpc) is 3.21. The van der Waals surface area contributed by atoms with Crippen LogP contribution in [0, 0.1) is 11.8 Å². The van der Waals surface area contributed by atoms with Gasteiger partial charge < -0.3 is 19.7 Å². The summed E-state index contributed by atoms with van der Waals surface area (Å²) < 4.78 is 10.9. The summed E-state index contributed by atoms with van der Waals surface area (Å²) in [5, 5.41) is 18.5. The molecule has 0 aromatic heterocycles. The zero-order chi connectivity index (χ0) is 38.5. The summed E-state index contributed by atoms with van der Waals surface area (Å²) >= 11 is 0. The molecule has 2 fully saturated rings. The van der Waals surface area contributed by atoms with Crippen molar-refractivity contribution in [2.75, 3.05) is 13.2 Å². The Morgan fingerprint density at radius 3 is 1.70 bits per heavy atom. The normalized spacial score (nSPS) is 18.5. The molecule has 54 heavy (non-hydrogen) atoms. The monoisotopic (exact) mass is 734 g/mol. The molecule has 5 rings (SSSR count). The van der Waals surface area contributed by atoms with Crippen molar-refractivity contribution in [3.8, 4) is 11.5 Å². The number of benzene rings is 3. The fourth-order valence-corrected chi connectivity index (χ4v) is 8.85. The van der Waals surface area contributed by atoms with Crippen molar-refractivity contribution in [2.45, 2.75) is 128 Å². The van der Waals surface area contributed by atoms with Crippen molar-refractivity contribution in [2.24, 2.45) is 11.8 Å². The first-order valence-electron chi connectivity index (χ1n) is 20.5. The second kappa shape index (κ2) is 20.1. The predicted octanol–water partition coefficient (Wildman–Crippen LogP) is 10.5. The number of aryl methyl sites for hydroxylation is 2. The van der Waals surface area contributed by atoms with Gasteiger partial charge in [-0.25, -0.2) is 9.59 Å². The van der Waals surface area contributed by atoms with Crippen LogP contribution in [0.2, 0.25) is 0 Å². The molecule has 6 heteroatoms. The molecule has 2 aliphatic carbocycles. The van der Waals surface area contributed by atoms with E-state index < -0.39 is 25.2 Å². The molecule has 0 heterocycles. The van der Waals surface area contributed by atoms with Crippen LogP contribution < -0.4 is 9.47 Å². The number of unbranched alkanes of at least 4 members (excludes halogenated alkanes) is 3. The first kappa shape index (κ1) is 41.2. The lowest BCUT2D eigenvalue weighted by molar-refractivity contribution is -0.131. The molecule has 3 aromatic carbocycles. The number of carbonyl (C=O) groups is 2. The van der Waals surface area contributed by atoms with E-state index in [1.54, 1.807) is 29.8 Å². The molecular formula is C48H62O6. The highest BCUT2D eigenvalue weighted by atomic mass is 16.5. The Balaban J connectivity index is 1.24. The van der Waals surface area contributed by atoms with Gasteiger partial charge in [-0.15, -0.1) is 0 Å². The fourth-order valence-electron chi connectivity index (χ4n) is 8.85. The zero-order valence-electron chi connectivity index (χ0n) is 32.8. The number of hydrogen-bond donors (Lipinski definition) is 2. The standard InChI is InChI=1S/C48H62O6/c1-5-7-8-9-10-36-11-15-40(16-12-36)41-18-17-39(38(6-2)31-41)14-13-37-27-29-48(30-28-37,42-19-23-44(24-20-42)53-46(51)34(3)32-49)43-21-25-45(26-22-43)54-47(52)35(4)33-50/h17-26,31,36-37,40,49-50H,3-16,27-30,32-33H2,1-2H3. The van der Waals surface area contributed by atoms with E-state index in [1.165, 1.54) is 75.3 Å². The van der Waals surface area contributed by atoms with Crippen molar-refractivity contribution < 1.29 is 29.3 Å². The molecule has 0 saturated heterocycles. The summed E-state index contributed by atoms with van der Waals surface area (Å²) in [7, 11) is 0. The van der Waals surface area contributed by atoms with Crippen LogP contribution >= 0.6 is 0 Å². The van der Waals surface area contributed by atoms with Gasteiger partial charge in [0.15, 0.2) is 0 Å². The summed E-state index contributed by atoms with van der Waals surface area (Å²) in [4.78, 5) is 24.5. The Morgan fingerprint density at radius 2 is 1.20 bits per heavy atom. The first-order valence-corrected chi connectivity index (χ1v) is 20.5. The summed E-state index contributed by atoms with van der Waals surface area (Å²) in [6.07, 6.45) is 19.8. The lowest BCUT2D eigenvalue weighted by Gasteiger charge is -2.41. The Hall–Kier alpha value is -4.00. The number of carbonyl (C=O) groups excluding carboxylic acids is 2. The molecule has 0 unspecified atom stereocenters. The molecule has 0 aliphatic heterocycles. The SMILES string of the molecule is C=C(CO)C(=O)Oc1ccc(C2(c3ccc(OC(=O)C(=C)CO)cc3)CCC(CCc3ccc(C4CCC(CCCCCC)CC4)cc3CC)CC2)cc1. The third kappa shape index (κ3) is 10.6. The zero-order valence-corrected chi connectivity index (χ0v) is 32.8. The molecular weight excluding hydrogens is 673 g/mol. The second-order valence-corrected chi connectivity index (χ2v) is 15.9. The molecule has 2 saturated carbocycles. The number of aliphatic hydroxyl groups excluding tert-OH is 2. The number of ether oxygens (including phenoxy) is 2. The van der Waals surface area contributed by atoms with E-state index in [-0.39, 0.29) is 16.6 Å². The molecule has 3 aromatic rings. The minimum Gasteiger partial charge on any atom is -0.423 e. The van der Waals surface area contributed by atoms with E-state index in [1.807, 2.05) is 24.3 Å². The van der Waals surface area contributed by atoms with Crippen molar-refractivity contribution in [1.82, 2.24) is 0 Å². The maximum atomic E-state index is 12.2. The van der Waals surface area contributed by atoms with Gasteiger partial charge in [0.05, 0.1) is 24.4 Å². The lowest BCUT2D eigenvalue weighted by atomic mass is 9.62. The van der Waals surface area contributed by atoms with Crippen LogP contribution in [-0.4, -0.2) is 35.4 Å². The van der Waals surface area contributed by atoms with Crippen molar-refractivity contribution >= 4 is 11.9 Å². The van der Waals surface area contributed by atoms with Crippen LogP contribution in [0.25, 0.3) is 0 Å². The topological polar surface area (TPSA) is 93.1 Å². The van der Waals surface area contributed by atoms with Crippen LogP contribution in [-0.2, 0) is 27.8 Å². The maximum Gasteiger partial charge on any atom is 0.341 e. The summed E-state index contributed by atoms with van der Waals surface area (Å²) in [5.41, 5.74) is 6.59. The van der Waals surface area contributed by atoms with Gasteiger partial charge in [-0.1, -0.05) is 102 Å². The van der Waals surface area contributed by atoms with Crippen LogP contribution in [0.4, 0.5) is 0 Å².